The predicted molar refractivity (Wildman–Crippen MR) is 108 cm³/mol. The Hall–Kier alpha value is -2.48. The molecule has 0 spiro atoms. The molecule has 1 saturated heterocycles. The van der Waals surface area contributed by atoms with E-state index in [2.05, 4.69) is 20.3 Å². The maximum Gasteiger partial charge on any atom is 0.285 e. The zero-order chi connectivity index (χ0) is 20.0. The van der Waals surface area contributed by atoms with E-state index >= 15 is 0 Å². The monoisotopic (exact) mass is 396 g/mol. The van der Waals surface area contributed by atoms with Crippen LogP contribution >= 0.6 is 0 Å². The Morgan fingerprint density at radius 2 is 2.00 bits per heavy atom. The average molecular weight is 396 g/mol. The first-order valence-electron chi connectivity index (χ1n) is 10.7. The van der Waals surface area contributed by atoms with Crippen LogP contribution < -0.4 is 10.9 Å². The zero-order valence-electron chi connectivity index (χ0n) is 16.9. The van der Waals surface area contributed by atoms with Crippen molar-refractivity contribution < 1.29 is 4.79 Å². The number of amides is 1. The smallest absolute Gasteiger partial charge is 0.285 e. The van der Waals surface area contributed by atoms with Gasteiger partial charge >= 0.3 is 0 Å². The first kappa shape index (κ1) is 18.5. The summed E-state index contributed by atoms with van der Waals surface area (Å²) in [5, 5.41) is 7.29. The molecule has 1 amide bonds. The van der Waals surface area contributed by atoms with Gasteiger partial charge in [0.15, 0.2) is 0 Å². The molecule has 29 heavy (non-hydrogen) atoms. The molecule has 1 aliphatic carbocycles. The largest absolute Gasteiger partial charge is 0.349 e. The molecule has 2 aromatic rings. The fraction of sp³-hybridized carbons (Fsp3) is 0.619. The Bertz CT molecular complexity index is 974. The predicted octanol–water partition coefficient (Wildman–Crippen LogP) is 1.27. The lowest BCUT2D eigenvalue weighted by Gasteiger charge is -2.22. The molecule has 0 aromatic carbocycles. The van der Waals surface area contributed by atoms with Crippen LogP contribution in [0.5, 0.6) is 0 Å². The van der Waals surface area contributed by atoms with Gasteiger partial charge in [-0.15, -0.1) is 0 Å². The highest BCUT2D eigenvalue weighted by Crippen LogP contribution is 2.38. The molecule has 4 heterocycles. The fourth-order valence-electron chi connectivity index (χ4n) is 5.25. The van der Waals surface area contributed by atoms with Gasteiger partial charge in [-0.2, -0.15) is 10.1 Å². The van der Waals surface area contributed by atoms with Gasteiger partial charge in [0.05, 0.1) is 6.20 Å². The van der Waals surface area contributed by atoms with Crippen LogP contribution in [-0.4, -0.2) is 49.3 Å². The minimum Gasteiger partial charge on any atom is -0.349 e. The molecular weight excluding hydrogens is 368 g/mol. The molecule has 2 fully saturated rings. The number of hydrogen-bond acceptors (Lipinski definition) is 5. The first-order chi connectivity index (χ1) is 14.1. The molecule has 0 bridgehead atoms. The number of aromatic nitrogens is 4. The van der Waals surface area contributed by atoms with Crippen molar-refractivity contribution in [3.8, 4) is 0 Å². The van der Waals surface area contributed by atoms with Gasteiger partial charge in [0.2, 0.25) is 0 Å². The van der Waals surface area contributed by atoms with Crippen LogP contribution in [0.4, 0.5) is 0 Å². The molecule has 8 nitrogen and oxygen atoms in total. The van der Waals surface area contributed by atoms with Crippen LogP contribution in [0.25, 0.3) is 0 Å². The zero-order valence-corrected chi connectivity index (χ0v) is 16.9. The van der Waals surface area contributed by atoms with Gasteiger partial charge in [0.1, 0.15) is 11.4 Å². The summed E-state index contributed by atoms with van der Waals surface area (Å²) >= 11 is 0. The van der Waals surface area contributed by atoms with E-state index in [-0.39, 0.29) is 23.4 Å². The lowest BCUT2D eigenvalue weighted by Crippen LogP contribution is -2.39. The molecule has 5 rings (SSSR count). The quantitative estimate of drug-likeness (QED) is 0.841. The number of fused-ring (bicyclic) bond motifs is 3. The summed E-state index contributed by atoms with van der Waals surface area (Å²) in [4.78, 5) is 32.0. The van der Waals surface area contributed by atoms with Crippen molar-refractivity contribution in [2.24, 2.45) is 13.0 Å². The van der Waals surface area contributed by atoms with E-state index in [1.165, 1.54) is 12.0 Å². The van der Waals surface area contributed by atoms with Crippen LogP contribution in [-0.2, 0) is 20.1 Å². The Labute approximate surface area is 169 Å². The van der Waals surface area contributed by atoms with Crippen molar-refractivity contribution in [2.75, 3.05) is 13.1 Å². The van der Waals surface area contributed by atoms with Crippen molar-refractivity contribution in [1.82, 2.24) is 29.5 Å². The summed E-state index contributed by atoms with van der Waals surface area (Å²) in [6.45, 7) is 3.55. The van der Waals surface area contributed by atoms with Gasteiger partial charge in [-0.3, -0.25) is 19.2 Å². The Morgan fingerprint density at radius 3 is 2.76 bits per heavy atom. The number of aryl methyl sites for hydroxylation is 1. The minimum absolute atomic E-state index is 0.187. The van der Waals surface area contributed by atoms with Crippen molar-refractivity contribution in [3.63, 3.8) is 0 Å². The third-order valence-corrected chi connectivity index (χ3v) is 6.65. The topological polar surface area (TPSA) is 85.0 Å². The SMILES string of the molecule is Cn1cc(CN2C[C@H]3Cn4cc(C(=O)NC5CCCCC5)c(=O)nc4[C@H]3C2)cn1. The molecular formula is C21H28N6O2. The van der Waals surface area contributed by atoms with Crippen molar-refractivity contribution in [1.29, 1.82) is 0 Å². The molecule has 1 saturated carbocycles. The number of carbonyl (C=O) groups is 1. The van der Waals surface area contributed by atoms with Crippen LogP contribution in [0.15, 0.2) is 23.4 Å². The van der Waals surface area contributed by atoms with Gasteiger partial charge in [-0.1, -0.05) is 19.3 Å². The number of nitrogens with one attached hydrogen (secondary N) is 1. The van der Waals surface area contributed by atoms with Crippen molar-refractivity contribution in [3.05, 3.63) is 45.9 Å². The number of hydrogen-bond donors (Lipinski definition) is 1. The van der Waals surface area contributed by atoms with E-state index in [1.807, 2.05) is 28.7 Å². The van der Waals surface area contributed by atoms with Crippen LogP contribution in [0.2, 0.25) is 0 Å². The maximum atomic E-state index is 12.7. The molecule has 0 radical (unpaired) electrons. The molecule has 2 aliphatic heterocycles. The van der Waals surface area contributed by atoms with E-state index in [4.69, 9.17) is 0 Å². The summed E-state index contributed by atoms with van der Waals surface area (Å²) in [5.74, 6) is 1.27. The van der Waals surface area contributed by atoms with E-state index in [9.17, 15) is 9.59 Å². The molecule has 2 aromatic heterocycles. The average Bonchev–Trinajstić information content (AvgIpc) is 3.37. The summed E-state index contributed by atoms with van der Waals surface area (Å²) in [6.07, 6.45) is 11.2. The maximum absolute atomic E-state index is 12.7. The lowest BCUT2D eigenvalue weighted by atomic mass is 9.95. The van der Waals surface area contributed by atoms with Crippen molar-refractivity contribution in [2.45, 2.75) is 57.2 Å². The highest BCUT2D eigenvalue weighted by atomic mass is 16.2. The molecule has 2 atom stereocenters. The van der Waals surface area contributed by atoms with E-state index in [0.717, 1.165) is 57.7 Å². The van der Waals surface area contributed by atoms with Gasteiger partial charge in [-0.05, 0) is 12.8 Å². The third kappa shape index (κ3) is 3.61. The number of likely N-dealkylation sites (tertiary alicyclic amines) is 1. The Morgan fingerprint density at radius 1 is 1.17 bits per heavy atom. The standard InChI is InChI=1S/C21H28N6O2/c1-25-8-14(7-22-25)9-26-10-15-11-27-13-18(21(29)24-19(27)17(15)12-26)20(28)23-16-5-3-2-4-6-16/h7-8,13,15-17H,2-6,9-12H2,1H3,(H,23,28)/t15-,17-/m0/s1. The molecule has 1 N–H and O–H groups in total. The van der Waals surface area contributed by atoms with E-state index < -0.39 is 5.56 Å². The second-order valence-corrected chi connectivity index (χ2v) is 8.86. The molecule has 8 heteroatoms. The molecule has 0 unspecified atom stereocenters. The summed E-state index contributed by atoms with van der Waals surface area (Å²) in [7, 11) is 1.93. The Kier molecular flexibility index (Phi) is 4.73. The second-order valence-electron chi connectivity index (χ2n) is 8.86. The number of nitrogens with zero attached hydrogens (tertiary/aromatic N) is 5. The number of rotatable bonds is 4. The van der Waals surface area contributed by atoms with Gasteiger partial charge in [0, 0.05) is 69.1 Å². The highest BCUT2D eigenvalue weighted by Gasteiger charge is 2.41. The normalized spacial score (nSPS) is 24.4. The number of carbonyl (C=O) groups excluding carboxylic acids is 1. The molecule has 154 valence electrons. The summed E-state index contributed by atoms with van der Waals surface area (Å²) in [6, 6.07) is 0.189. The van der Waals surface area contributed by atoms with Crippen LogP contribution in [0.3, 0.4) is 0 Å². The van der Waals surface area contributed by atoms with Gasteiger partial charge in [-0.25, -0.2) is 0 Å². The summed E-state index contributed by atoms with van der Waals surface area (Å²) in [5.41, 5.74) is 0.995. The second kappa shape index (κ2) is 7.40. The summed E-state index contributed by atoms with van der Waals surface area (Å²) < 4.78 is 3.86. The van der Waals surface area contributed by atoms with E-state index in [1.54, 1.807) is 6.20 Å². The third-order valence-electron chi connectivity index (χ3n) is 6.65. The van der Waals surface area contributed by atoms with Gasteiger partial charge < -0.3 is 9.88 Å². The Balaban J connectivity index is 1.29. The lowest BCUT2D eigenvalue weighted by molar-refractivity contribution is 0.0925. The van der Waals surface area contributed by atoms with Crippen LogP contribution in [0.1, 0.15) is 59.8 Å². The minimum atomic E-state index is -0.393. The highest BCUT2D eigenvalue weighted by molar-refractivity contribution is 5.93. The first-order valence-corrected chi connectivity index (χ1v) is 10.7. The fourth-order valence-corrected chi connectivity index (χ4v) is 5.25. The van der Waals surface area contributed by atoms with Crippen LogP contribution in [0, 0.1) is 5.92 Å². The molecule has 3 aliphatic rings. The van der Waals surface area contributed by atoms with E-state index in [0.29, 0.717) is 5.92 Å². The van der Waals surface area contributed by atoms with Gasteiger partial charge in [0.25, 0.3) is 11.5 Å². The van der Waals surface area contributed by atoms with Crippen molar-refractivity contribution >= 4 is 5.91 Å².